The van der Waals surface area contributed by atoms with Crippen molar-refractivity contribution in [3.8, 4) is 0 Å². The Hall–Kier alpha value is -1.16. The summed E-state index contributed by atoms with van der Waals surface area (Å²) in [5.41, 5.74) is 0. The lowest BCUT2D eigenvalue weighted by Gasteiger charge is -1.99. The van der Waals surface area contributed by atoms with Gasteiger partial charge in [-0.3, -0.25) is 9.59 Å². The summed E-state index contributed by atoms with van der Waals surface area (Å²) < 4.78 is 10.3. The topological polar surface area (TPSA) is 55.9 Å². The molecule has 20 heavy (non-hydrogen) atoms. The van der Waals surface area contributed by atoms with E-state index in [0.29, 0.717) is 25.6 Å². The number of hydrogen-bond acceptors (Lipinski definition) is 4. The summed E-state index contributed by atoms with van der Waals surface area (Å²) in [5, 5.41) is 0. The number of epoxide rings is 1. The maximum Gasteiger partial charge on any atom is 0.313 e. The zero-order chi connectivity index (χ0) is 14.8. The van der Waals surface area contributed by atoms with Crippen molar-refractivity contribution in [2.75, 3.05) is 6.61 Å². The van der Waals surface area contributed by atoms with E-state index >= 15 is 0 Å². The van der Waals surface area contributed by atoms with Crippen molar-refractivity contribution >= 4 is 11.8 Å². The van der Waals surface area contributed by atoms with Gasteiger partial charge in [0.05, 0.1) is 12.7 Å². The molecule has 1 rings (SSSR count). The van der Waals surface area contributed by atoms with Gasteiger partial charge in [-0.15, -0.1) is 0 Å². The standard InChI is InChI=1S/C16H26O4/c1-3-5-6-10-14-15(20-14)11-8-7-9-13(17)12-16(18)19-4-2/h8,11,14-15H,3-7,9-10,12H2,1-2H3. The molecule has 2 unspecified atom stereocenters. The van der Waals surface area contributed by atoms with Crippen LogP contribution in [0.2, 0.25) is 0 Å². The summed E-state index contributed by atoms with van der Waals surface area (Å²) in [6.45, 7) is 4.25. The number of ketones is 1. The molecule has 4 heteroatoms. The zero-order valence-electron chi connectivity index (χ0n) is 12.6. The van der Waals surface area contributed by atoms with E-state index in [1.165, 1.54) is 19.3 Å². The molecule has 0 aromatic heterocycles. The van der Waals surface area contributed by atoms with Crippen LogP contribution in [0.5, 0.6) is 0 Å². The Kier molecular flexibility index (Phi) is 8.19. The van der Waals surface area contributed by atoms with E-state index in [0.717, 1.165) is 6.42 Å². The molecule has 1 saturated heterocycles. The zero-order valence-corrected chi connectivity index (χ0v) is 12.6. The van der Waals surface area contributed by atoms with Crippen molar-refractivity contribution in [2.24, 2.45) is 0 Å². The molecule has 1 aliphatic rings. The second kappa shape index (κ2) is 9.70. The molecule has 0 aliphatic carbocycles. The van der Waals surface area contributed by atoms with Crippen LogP contribution >= 0.6 is 0 Å². The first-order chi connectivity index (χ1) is 9.67. The molecule has 0 spiro atoms. The molecule has 4 nitrogen and oxygen atoms in total. The molecule has 0 aromatic carbocycles. The first kappa shape index (κ1) is 16.9. The number of rotatable bonds is 11. The van der Waals surface area contributed by atoms with Gasteiger partial charge in [0.25, 0.3) is 0 Å². The van der Waals surface area contributed by atoms with Gasteiger partial charge in [-0.2, -0.15) is 0 Å². The molecule has 1 heterocycles. The normalized spacial score (nSPS) is 21.1. The molecule has 0 saturated carbocycles. The van der Waals surface area contributed by atoms with Crippen molar-refractivity contribution in [2.45, 2.75) is 71.0 Å². The second-order valence-corrected chi connectivity index (χ2v) is 5.12. The molecule has 114 valence electrons. The van der Waals surface area contributed by atoms with Gasteiger partial charge in [0.1, 0.15) is 18.3 Å². The van der Waals surface area contributed by atoms with Crippen LogP contribution in [0.25, 0.3) is 0 Å². The van der Waals surface area contributed by atoms with Crippen LogP contribution in [-0.2, 0) is 19.1 Å². The molecule has 0 radical (unpaired) electrons. The van der Waals surface area contributed by atoms with E-state index in [1.54, 1.807) is 6.92 Å². The molecule has 1 fully saturated rings. The van der Waals surface area contributed by atoms with Gasteiger partial charge in [0.15, 0.2) is 0 Å². The average molecular weight is 282 g/mol. The van der Waals surface area contributed by atoms with Gasteiger partial charge in [-0.25, -0.2) is 0 Å². The highest BCUT2D eigenvalue weighted by Crippen LogP contribution is 2.28. The lowest BCUT2D eigenvalue weighted by molar-refractivity contribution is -0.145. The largest absolute Gasteiger partial charge is 0.466 e. The van der Waals surface area contributed by atoms with Crippen molar-refractivity contribution in [1.82, 2.24) is 0 Å². The molecular weight excluding hydrogens is 256 g/mol. The SMILES string of the molecule is CCCCCC1OC1C=CCCC(=O)CC(=O)OCC. The number of carbonyl (C=O) groups is 2. The Bertz CT molecular complexity index is 335. The Labute approximate surface area is 121 Å². The fourth-order valence-electron chi connectivity index (χ4n) is 2.09. The van der Waals surface area contributed by atoms with E-state index in [4.69, 9.17) is 9.47 Å². The van der Waals surface area contributed by atoms with E-state index < -0.39 is 5.97 Å². The minimum absolute atomic E-state index is 0.0655. The third-order valence-corrected chi connectivity index (χ3v) is 3.28. The van der Waals surface area contributed by atoms with Crippen LogP contribution < -0.4 is 0 Å². The molecule has 0 aromatic rings. The Morgan fingerprint density at radius 2 is 2.05 bits per heavy atom. The minimum atomic E-state index is -0.428. The molecule has 0 N–H and O–H groups in total. The molecule has 2 atom stereocenters. The molecule has 0 amide bonds. The molecular formula is C16H26O4. The maximum absolute atomic E-state index is 11.5. The quantitative estimate of drug-likeness (QED) is 0.192. The van der Waals surface area contributed by atoms with Gasteiger partial charge in [-0.05, 0) is 19.8 Å². The monoisotopic (exact) mass is 282 g/mol. The van der Waals surface area contributed by atoms with Gasteiger partial charge in [0, 0.05) is 6.42 Å². The number of Topliss-reactive ketones (excluding diaryl/α,β-unsaturated/α-hetero) is 1. The van der Waals surface area contributed by atoms with Gasteiger partial charge >= 0.3 is 5.97 Å². The van der Waals surface area contributed by atoms with Crippen LogP contribution in [0.4, 0.5) is 0 Å². The summed E-state index contributed by atoms with van der Waals surface area (Å²) in [7, 11) is 0. The average Bonchev–Trinajstić information content (AvgIpc) is 3.14. The summed E-state index contributed by atoms with van der Waals surface area (Å²) in [6, 6.07) is 0. The predicted molar refractivity (Wildman–Crippen MR) is 77.4 cm³/mol. The number of ether oxygens (including phenoxy) is 2. The predicted octanol–water partition coefficient (Wildman–Crippen LogP) is 3.19. The number of esters is 1. The molecule has 0 bridgehead atoms. The van der Waals surface area contributed by atoms with Crippen LogP contribution in [0.15, 0.2) is 12.2 Å². The molecule has 1 aliphatic heterocycles. The van der Waals surface area contributed by atoms with Crippen LogP contribution in [0.3, 0.4) is 0 Å². The van der Waals surface area contributed by atoms with Gasteiger partial charge in [0.2, 0.25) is 0 Å². The maximum atomic E-state index is 11.5. The first-order valence-corrected chi connectivity index (χ1v) is 7.66. The number of carbonyl (C=O) groups excluding carboxylic acids is 2. The Balaban J connectivity index is 2.02. The van der Waals surface area contributed by atoms with Crippen molar-refractivity contribution < 1.29 is 19.1 Å². The summed E-state index contributed by atoms with van der Waals surface area (Å²) in [5.74, 6) is -0.493. The number of allylic oxidation sites excluding steroid dienone is 1. The van der Waals surface area contributed by atoms with E-state index in [9.17, 15) is 9.59 Å². The number of unbranched alkanes of at least 4 members (excludes halogenated alkanes) is 2. The van der Waals surface area contributed by atoms with Crippen molar-refractivity contribution in [3.63, 3.8) is 0 Å². The van der Waals surface area contributed by atoms with Crippen LogP contribution in [-0.4, -0.2) is 30.6 Å². The second-order valence-electron chi connectivity index (χ2n) is 5.12. The summed E-state index contributed by atoms with van der Waals surface area (Å²) >= 11 is 0. The summed E-state index contributed by atoms with van der Waals surface area (Å²) in [6.07, 6.45) is 10.4. The highest BCUT2D eigenvalue weighted by Gasteiger charge is 2.35. The third kappa shape index (κ3) is 7.43. The fraction of sp³-hybridized carbons (Fsp3) is 0.750. The lowest BCUT2D eigenvalue weighted by atomic mass is 10.1. The van der Waals surface area contributed by atoms with E-state index in [1.807, 2.05) is 12.2 Å². The first-order valence-electron chi connectivity index (χ1n) is 7.66. The highest BCUT2D eigenvalue weighted by molar-refractivity contribution is 5.95. The Morgan fingerprint density at radius 1 is 1.25 bits per heavy atom. The fourth-order valence-corrected chi connectivity index (χ4v) is 2.09. The smallest absolute Gasteiger partial charge is 0.313 e. The van der Waals surface area contributed by atoms with Gasteiger partial charge in [-0.1, -0.05) is 38.3 Å². The Morgan fingerprint density at radius 3 is 2.75 bits per heavy atom. The third-order valence-electron chi connectivity index (χ3n) is 3.28. The highest BCUT2D eigenvalue weighted by atomic mass is 16.6. The van der Waals surface area contributed by atoms with Crippen molar-refractivity contribution in [1.29, 1.82) is 0 Å². The van der Waals surface area contributed by atoms with Crippen LogP contribution in [0, 0.1) is 0 Å². The summed E-state index contributed by atoms with van der Waals surface area (Å²) in [4.78, 5) is 22.6. The van der Waals surface area contributed by atoms with E-state index in [2.05, 4.69) is 6.92 Å². The van der Waals surface area contributed by atoms with Gasteiger partial charge < -0.3 is 9.47 Å². The van der Waals surface area contributed by atoms with E-state index in [-0.39, 0.29) is 18.3 Å². The minimum Gasteiger partial charge on any atom is -0.466 e. The van der Waals surface area contributed by atoms with Crippen LogP contribution in [0.1, 0.15) is 58.8 Å². The number of hydrogen-bond donors (Lipinski definition) is 0. The lowest BCUT2D eigenvalue weighted by Crippen LogP contribution is -2.10. The van der Waals surface area contributed by atoms with Crippen molar-refractivity contribution in [3.05, 3.63) is 12.2 Å².